The van der Waals surface area contributed by atoms with Crippen molar-refractivity contribution in [3.05, 3.63) is 65.7 Å². The molecular weight excluding hydrogens is 334 g/mol. The van der Waals surface area contributed by atoms with Crippen molar-refractivity contribution < 1.29 is 4.79 Å². The lowest BCUT2D eigenvalue weighted by atomic mass is 9.95. The first-order valence-corrected chi connectivity index (χ1v) is 9.47. The Labute approximate surface area is 160 Å². The standard InChI is InChI=1S/C23H25N3O/c1-23(2,3)22(27)24-17-10-12-19-16(14-17)9-13-21(25-19)26-20-11-8-15-6-4-5-7-18(15)20/h4-7,9-10,12-14,20H,8,11H2,1-3H3,(H,24,27)(H,25,26). The molecule has 2 aromatic carbocycles. The highest BCUT2D eigenvalue weighted by Gasteiger charge is 2.22. The summed E-state index contributed by atoms with van der Waals surface area (Å²) in [5, 5.41) is 7.56. The van der Waals surface area contributed by atoms with E-state index in [0.717, 1.165) is 35.2 Å². The first-order chi connectivity index (χ1) is 12.9. The highest BCUT2D eigenvalue weighted by molar-refractivity contribution is 5.96. The zero-order valence-electron chi connectivity index (χ0n) is 16.0. The van der Waals surface area contributed by atoms with Gasteiger partial charge in [-0.25, -0.2) is 4.98 Å². The molecule has 0 fully saturated rings. The van der Waals surface area contributed by atoms with E-state index < -0.39 is 5.41 Å². The first kappa shape index (κ1) is 17.5. The normalized spacial score (nSPS) is 16.2. The number of fused-ring (bicyclic) bond motifs is 2. The molecule has 138 valence electrons. The molecule has 1 aromatic heterocycles. The predicted molar refractivity (Wildman–Crippen MR) is 111 cm³/mol. The van der Waals surface area contributed by atoms with E-state index in [1.807, 2.05) is 45.0 Å². The number of aryl methyl sites for hydroxylation is 1. The van der Waals surface area contributed by atoms with Gasteiger partial charge in [-0.15, -0.1) is 0 Å². The minimum Gasteiger partial charge on any atom is -0.363 e. The number of pyridine rings is 1. The van der Waals surface area contributed by atoms with Gasteiger partial charge >= 0.3 is 0 Å². The summed E-state index contributed by atoms with van der Waals surface area (Å²) in [7, 11) is 0. The summed E-state index contributed by atoms with van der Waals surface area (Å²) in [5.74, 6) is 0.892. The molecule has 0 aliphatic heterocycles. The van der Waals surface area contributed by atoms with Crippen LogP contribution in [0.25, 0.3) is 10.9 Å². The Morgan fingerprint density at radius 3 is 2.70 bits per heavy atom. The number of rotatable bonds is 3. The van der Waals surface area contributed by atoms with Crippen LogP contribution < -0.4 is 10.6 Å². The Morgan fingerprint density at radius 2 is 1.89 bits per heavy atom. The van der Waals surface area contributed by atoms with Gasteiger partial charge in [0.2, 0.25) is 5.91 Å². The third kappa shape index (κ3) is 3.65. The minimum atomic E-state index is -0.418. The number of nitrogens with zero attached hydrogens (tertiary/aromatic N) is 1. The molecule has 1 aliphatic carbocycles. The third-order valence-electron chi connectivity index (χ3n) is 5.08. The lowest BCUT2D eigenvalue weighted by Gasteiger charge is -2.18. The molecule has 27 heavy (non-hydrogen) atoms. The van der Waals surface area contributed by atoms with Crippen LogP contribution in [0.15, 0.2) is 54.6 Å². The largest absolute Gasteiger partial charge is 0.363 e. The number of carbonyl (C=O) groups excluding carboxylic acids is 1. The summed E-state index contributed by atoms with van der Waals surface area (Å²) < 4.78 is 0. The van der Waals surface area contributed by atoms with Crippen LogP contribution in [0.4, 0.5) is 11.5 Å². The van der Waals surface area contributed by atoms with Gasteiger partial charge in [0.1, 0.15) is 5.82 Å². The Morgan fingerprint density at radius 1 is 1.07 bits per heavy atom. The van der Waals surface area contributed by atoms with Crippen molar-refractivity contribution in [3.63, 3.8) is 0 Å². The van der Waals surface area contributed by atoms with E-state index >= 15 is 0 Å². The number of benzene rings is 2. The van der Waals surface area contributed by atoms with E-state index in [1.165, 1.54) is 11.1 Å². The molecule has 4 heteroatoms. The second kappa shape index (κ2) is 6.69. The van der Waals surface area contributed by atoms with Crippen LogP contribution in [0.5, 0.6) is 0 Å². The van der Waals surface area contributed by atoms with E-state index in [2.05, 4.69) is 41.0 Å². The van der Waals surface area contributed by atoms with E-state index in [-0.39, 0.29) is 5.91 Å². The summed E-state index contributed by atoms with van der Waals surface area (Å²) in [6.45, 7) is 5.72. The van der Waals surface area contributed by atoms with Crippen molar-refractivity contribution >= 4 is 28.3 Å². The summed E-state index contributed by atoms with van der Waals surface area (Å²) >= 11 is 0. The number of carbonyl (C=O) groups is 1. The highest BCUT2D eigenvalue weighted by Crippen LogP contribution is 2.33. The Hall–Kier alpha value is -2.88. The summed E-state index contributed by atoms with van der Waals surface area (Å²) in [6.07, 6.45) is 2.20. The third-order valence-corrected chi connectivity index (χ3v) is 5.08. The van der Waals surface area contributed by atoms with Crippen LogP contribution >= 0.6 is 0 Å². The molecule has 1 atom stereocenters. The highest BCUT2D eigenvalue weighted by atomic mass is 16.2. The molecule has 0 spiro atoms. The maximum atomic E-state index is 12.2. The molecule has 1 aliphatic rings. The van der Waals surface area contributed by atoms with Crippen molar-refractivity contribution in [2.45, 2.75) is 39.7 Å². The van der Waals surface area contributed by atoms with Crippen LogP contribution in [0, 0.1) is 5.41 Å². The molecule has 3 aromatic rings. The fourth-order valence-electron chi connectivity index (χ4n) is 3.49. The molecule has 2 N–H and O–H groups in total. The number of anilines is 2. The SMILES string of the molecule is CC(C)(C)C(=O)Nc1ccc2nc(NC3CCc4ccccc43)ccc2c1. The quantitative estimate of drug-likeness (QED) is 0.665. The molecule has 1 heterocycles. The number of hydrogen-bond donors (Lipinski definition) is 2. The molecule has 4 rings (SSSR count). The second-order valence-corrected chi connectivity index (χ2v) is 8.24. The van der Waals surface area contributed by atoms with Gasteiger partial charge in [-0.2, -0.15) is 0 Å². The predicted octanol–water partition coefficient (Wildman–Crippen LogP) is 5.32. The molecular formula is C23H25N3O. The van der Waals surface area contributed by atoms with Gasteiger partial charge in [0, 0.05) is 16.5 Å². The van der Waals surface area contributed by atoms with Crippen LogP contribution in [-0.2, 0) is 11.2 Å². The zero-order chi connectivity index (χ0) is 19.0. The molecule has 0 saturated heterocycles. The van der Waals surface area contributed by atoms with E-state index in [1.54, 1.807) is 0 Å². The smallest absolute Gasteiger partial charge is 0.229 e. The summed E-state index contributed by atoms with van der Waals surface area (Å²) in [5.41, 5.74) is 4.10. The minimum absolute atomic E-state index is 0.00740. The molecule has 1 unspecified atom stereocenters. The van der Waals surface area contributed by atoms with Gasteiger partial charge in [0.15, 0.2) is 0 Å². The molecule has 1 amide bonds. The second-order valence-electron chi connectivity index (χ2n) is 8.24. The average molecular weight is 359 g/mol. The molecule has 0 bridgehead atoms. The van der Waals surface area contributed by atoms with Gasteiger partial charge in [-0.1, -0.05) is 45.0 Å². The number of hydrogen-bond acceptors (Lipinski definition) is 3. The lowest BCUT2D eigenvalue weighted by Crippen LogP contribution is -2.27. The van der Waals surface area contributed by atoms with E-state index in [4.69, 9.17) is 4.98 Å². The van der Waals surface area contributed by atoms with Gasteiger partial charge < -0.3 is 10.6 Å². The van der Waals surface area contributed by atoms with E-state index in [0.29, 0.717) is 6.04 Å². The van der Waals surface area contributed by atoms with Crippen molar-refractivity contribution in [1.29, 1.82) is 0 Å². The topological polar surface area (TPSA) is 54.0 Å². The van der Waals surface area contributed by atoms with Crippen molar-refractivity contribution in [2.24, 2.45) is 5.41 Å². The first-order valence-electron chi connectivity index (χ1n) is 9.47. The zero-order valence-corrected chi connectivity index (χ0v) is 16.0. The van der Waals surface area contributed by atoms with Crippen LogP contribution in [0.2, 0.25) is 0 Å². The Balaban J connectivity index is 1.53. The maximum absolute atomic E-state index is 12.2. The lowest BCUT2D eigenvalue weighted by molar-refractivity contribution is -0.123. The molecule has 0 radical (unpaired) electrons. The van der Waals surface area contributed by atoms with Crippen LogP contribution in [0.1, 0.15) is 44.4 Å². The Kier molecular flexibility index (Phi) is 4.34. The van der Waals surface area contributed by atoms with Crippen molar-refractivity contribution in [3.8, 4) is 0 Å². The number of amides is 1. The summed E-state index contributed by atoms with van der Waals surface area (Å²) in [6, 6.07) is 18.8. The Bertz CT molecular complexity index is 1000. The van der Waals surface area contributed by atoms with Gasteiger partial charge in [-0.3, -0.25) is 4.79 Å². The van der Waals surface area contributed by atoms with Gasteiger partial charge in [-0.05, 0) is 54.3 Å². The maximum Gasteiger partial charge on any atom is 0.229 e. The van der Waals surface area contributed by atoms with E-state index in [9.17, 15) is 4.79 Å². The van der Waals surface area contributed by atoms with Crippen molar-refractivity contribution in [1.82, 2.24) is 4.98 Å². The molecule has 4 nitrogen and oxygen atoms in total. The number of nitrogens with one attached hydrogen (secondary N) is 2. The van der Waals surface area contributed by atoms with Gasteiger partial charge in [0.05, 0.1) is 11.6 Å². The van der Waals surface area contributed by atoms with Crippen molar-refractivity contribution in [2.75, 3.05) is 10.6 Å². The molecule has 0 saturated carbocycles. The van der Waals surface area contributed by atoms with Gasteiger partial charge in [0.25, 0.3) is 0 Å². The summed E-state index contributed by atoms with van der Waals surface area (Å²) in [4.78, 5) is 16.9. The van der Waals surface area contributed by atoms with Crippen LogP contribution in [0.3, 0.4) is 0 Å². The fourth-order valence-corrected chi connectivity index (χ4v) is 3.49. The van der Waals surface area contributed by atoms with Crippen LogP contribution in [-0.4, -0.2) is 10.9 Å². The monoisotopic (exact) mass is 359 g/mol. The fraction of sp³-hybridized carbons (Fsp3) is 0.304. The average Bonchev–Trinajstić information content (AvgIpc) is 3.04. The number of aromatic nitrogens is 1.